The smallest absolute Gasteiger partial charge is 0.120 e. The monoisotopic (exact) mass is 218 g/mol. The number of aliphatic hydroxyl groups is 1. The molecule has 1 unspecified atom stereocenters. The number of hydrogen-bond donors (Lipinski definition) is 2. The molecule has 0 saturated heterocycles. The predicted molar refractivity (Wildman–Crippen MR) is 62.3 cm³/mol. The lowest BCUT2D eigenvalue weighted by Gasteiger charge is -2.10. The fourth-order valence-corrected chi connectivity index (χ4v) is 1.40. The fraction of sp³-hybridized carbons (Fsp3) is 0.250. The molecular formula is C12H14N2O2. The molecule has 0 spiro atoms. The van der Waals surface area contributed by atoms with Gasteiger partial charge in [-0.25, -0.2) is 0 Å². The third kappa shape index (κ3) is 2.48. The summed E-state index contributed by atoms with van der Waals surface area (Å²) in [7, 11) is 0. The second-order valence-corrected chi connectivity index (χ2v) is 3.56. The maximum Gasteiger partial charge on any atom is 0.120 e. The van der Waals surface area contributed by atoms with Crippen LogP contribution in [-0.2, 0) is 0 Å². The molecule has 84 valence electrons. The second-order valence-electron chi connectivity index (χ2n) is 3.56. The van der Waals surface area contributed by atoms with Crippen molar-refractivity contribution in [2.75, 3.05) is 13.2 Å². The van der Waals surface area contributed by atoms with Gasteiger partial charge in [0.1, 0.15) is 18.5 Å². The largest absolute Gasteiger partial charge is 0.491 e. The highest BCUT2D eigenvalue weighted by atomic mass is 16.5. The molecule has 0 aliphatic carbocycles. The standard InChI is InChI=1S/C12H14N2O2/c13-7-10(15)8-16-11-3-4-12-9(6-11)2-1-5-14-12/h1-6,10,15H,7-8,13H2. The van der Waals surface area contributed by atoms with Gasteiger partial charge < -0.3 is 15.6 Å². The van der Waals surface area contributed by atoms with Crippen LogP contribution >= 0.6 is 0 Å². The van der Waals surface area contributed by atoms with Gasteiger partial charge in [0.05, 0.1) is 5.52 Å². The number of aromatic nitrogens is 1. The quantitative estimate of drug-likeness (QED) is 0.801. The SMILES string of the molecule is NCC(O)COc1ccc2ncccc2c1. The first-order valence-corrected chi connectivity index (χ1v) is 5.15. The molecule has 0 aliphatic heterocycles. The van der Waals surface area contributed by atoms with E-state index in [0.29, 0.717) is 5.75 Å². The molecule has 0 aliphatic rings. The highest BCUT2D eigenvalue weighted by molar-refractivity contribution is 5.79. The summed E-state index contributed by atoms with van der Waals surface area (Å²) in [5.41, 5.74) is 6.21. The van der Waals surface area contributed by atoms with Crippen molar-refractivity contribution in [1.29, 1.82) is 0 Å². The molecule has 4 nitrogen and oxygen atoms in total. The highest BCUT2D eigenvalue weighted by Gasteiger charge is 2.02. The third-order valence-electron chi connectivity index (χ3n) is 2.29. The Hall–Kier alpha value is -1.65. The van der Waals surface area contributed by atoms with Crippen LogP contribution in [0.1, 0.15) is 0 Å². The van der Waals surface area contributed by atoms with Crippen molar-refractivity contribution in [2.24, 2.45) is 5.73 Å². The topological polar surface area (TPSA) is 68.4 Å². The summed E-state index contributed by atoms with van der Waals surface area (Å²) in [5.74, 6) is 0.716. The summed E-state index contributed by atoms with van der Waals surface area (Å²) >= 11 is 0. The molecule has 1 atom stereocenters. The lowest BCUT2D eigenvalue weighted by atomic mass is 10.2. The zero-order valence-corrected chi connectivity index (χ0v) is 8.84. The van der Waals surface area contributed by atoms with E-state index in [4.69, 9.17) is 10.5 Å². The molecule has 0 bridgehead atoms. The van der Waals surface area contributed by atoms with Gasteiger partial charge in [0.15, 0.2) is 0 Å². The van der Waals surface area contributed by atoms with Crippen LogP contribution in [0.25, 0.3) is 10.9 Å². The zero-order chi connectivity index (χ0) is 11.4. The van der Waals surface area contributed by atoms with Gasteiger partial charge in [0, 0.05) is 18.1 Å². The molecule has 1 aromatic heterocycles. The molecular weight excluding hydrogens is 204 g/mol. The van der Waals surface area contributed by atoms with Gasteiger partial charge in [0.25, 0.3) is 0 Å². The Morgan fingerprint density at radius 2 is 2.25 bits per heavy atom. The summed E-state index contributed by atoms with van der Waals surface area (Å²) < 4.78 is 5.41. The molecule has 4 heteroatoms. The summed E-state index contributed by atoms with van der Waals surface area (Å²) in [6, 6.07) is 9.46. The Kier molecular flexibility index (Phi) is 3.34. The second kappa shape index (κ2) is 4.92. The average molecular weight is 218 g/mol. The number of nitrogens with two attached hydrogens (primary N) is 1. The number of hydrogen-bond acceptors (Lipinski definition) is 4. The number of nitrogens with zero attached hydrogens (tertiary/aromatic N) is 1. The predicted octanol–water partition coefficient (Wildman–Crippen LogP) is 0.933. The van der Waals surface area contributed by atoms with Crippen LogP contribution in [0, 0.1) is 0 Å². The first-order valence-electron chi connectivity index (χ1n) is 5.15. The molecule has 0 saturated carbocycles. The normalized spacial score (nSPS) is 12.6. The third-order valence-corrected chi connectivity index (χ3v) is 2.29. The van der Waals surface area contributed by atoms with E-state index in [9.17, 15) is 5.11 Å². The van der Waals surface area contributed by atoms with E-state index in [1.807, 2.05) is 30.3 Å². The Bertz CT molecular complexity index is 473. The molecule has 16 heavy (non-hydrogen) atoms. The number of fused-ring (bicyclic) bond motifs is 1. The van der Waals surface area contributed by atoms with Crippen LogP contribution in [-0.4, -0.2) is 29.3 Å². The van der Waals surface area contributed by atoms with Gasteiger partial charge in [-0.3, -0.25) is 4.98 Å². The van der Waals surface area contributed by atoms with E-state index in [1.54, 1.807) is 6.20 Å². The van der Waals surface area contributed by atoms with Crippen molar-refractivity contribution in [2.45, 2.75) is 6.10 Å². The van der Waals surface area contributed by atoms with Crippen LogP contribution in [0.15, 0.2) is 36.5 Å². The Balaban J connectivity index is 2.13. The lowest BCUT2D eigenvalue weighted by Crippen LogP contribution is -2.26. The van der Waals surface area contributed by atoms with Gasteiger partial charge >= 0.3 is 0 Å². The lowest BCUT2D eigenvalue weighted by molar-refractivity contribution is 0.114. The van der Waals surface area contributed by atoms with E-state index in [0.717, 1.165) is 10.9 Å². The first kappa shape index (κ1) is 10.9. The minimum absolute atomic E-state index is 0.204. The number of aliphatic hydroxyl groups excluding tert-OH is 1. The minimum Gasteiger partial charge on any atom is -0.491 e. The fourth-order valence-electron chi connectivity index (χ4n) is 1.40. The molecule has 2 rings (SSSR count). The Morgan fingerprint density at radius 3 is 3.06 bits per heavy atom. The summed E-state index contributed by atoms with van der Waals surface area (Å²) in [6.07, 6.45) is 1.13. The molecule has 1 heterocycles. The maximum absolute atomic E-state index is 9.27. The van der Waals surface area contributed by atoms with Crippen LogP contribution < -0.4 is 10.5 Å². The van der Waals surface area contributed by atoms with Crippen molar-refractivity contribution < 1.29 is 9.84 Å². The number of benzene rings is 1. The molecule has 2 aromatic rings. The average Bonchev–Trinajstić information content (AvgIpc) is 2.35. The van der Waals surface area contributed by atoms with Gasteiger partial charge in [-0.05, 0) is 24.3 Å². The van der Waals surface area contributed by atoms with Crippen LogP contribution in [0.5, 0.6) is 5.75 Å². The van der Waals surface area contributed by atoms with E-state index >= 15 is 0 Å². The highest BCUT2D eigenvalue weighted by Crippen LogP contribution is 2.18. The van der Waals surface area contributed by atoms with Crippen LogP contribution in [0.4, 0.5) is 0 Å². The van der Waals surface area contributed by atoms with E-state index in [1.165, 1.54) is 0 Å². The Morgan fingerprint density at radius 1 is 1.38 bits per heavy atom. The van der Waals surface area contributed by atoms with Gasteiger partial charge in [-0.2, -0.15) is 0 Å². The van der Waals surface area contributed by atoms with Crippen molar-refractivity contribution in [3.63, 3.8) is 0 Å². The van der Waals surface area contributed by atoms with Crippen LogP contribution in [0.2, 0.25) is 0 Å². The van der Waals surface area contributed by atoms with Crippen molar-refractivity contribution >= 4 is 10.9 Å². The van der Waals surface area contributed by atoms with Crippen molar-refractivity contribution in [3.05, 3.63) is 36.5 Å². The maximum atomic E-state index is 9.27. The minimum atomic E-state index is -0.621. The van der Waals surface area contributed by atoms with Gasteiger partial charge in [0.2, 0.25) is 0 Å². The van der Waals surface area contributed by atoms with Gasteiger partial charge in [-0.15, -0.1) is 0 Å². The number of ether oxygens (including phenoxy) is 1. The molecule has 0 fully saturated rings. The first-order chi connectivity index (χ1) is 7.79. The summed E-state index contributed by atoms with van der Waals surface area (Å²) in [6.45, 7) is 0.414. The van der Waals surface area contributed by atoms with Crippen LogP contribution in [0.3, 0.4) is 0 Å². The van der Waals surface area contributed by atoms with Gasteiger partial charge in [-0.1, -0.05) is 6.07 Å². The molecule has 3 N–H and O–H groups in total. The zero-order valence-electron chi connectivity index (χ0n) is 8.84. The van der Waals surface area contributed by atoms with E-state index in [-0.39, 0.29) is 13.2 Å². The van der Waals surface area contributed by atoms with E-state index < -0.39 is 6.10 Å². The molecule has 0 amide bonds. The van der Waals surface area contributed by atoms with Crippen molar-refractivity contribution in [1.82, 2.24) is 4.98 Å². The number of rotatable bonds is 4. The van der Waals surface area contributed by atoms with Crippen molar-refractivity contribution in [3.8, 4) is 5.75 Å². The van der Waals surface area contributed by atoms with E-state index in [2.05, 4.69) is 4.98 Å². The Labute approximate surface area is 93.7 Å². The summed E-state index contributed by atoms with van der Waals surface area (Å²) in [4.78, 5) is 4.21. The molecule has 0 radical (unpaired) electrons. The summed E-state index contributed by atoms with van der Waals surface area (Å²) in [5, 5.41) is 10.3. The molecule has 1 aromatic carbocycles. The number of pyridine rings is 1.